The third-order valence-electron chi connectivity index (χ3n) is 3.56. The van der Waals surface area contributed by atoms with Gasteiger partial charge >= 0.3 is 0 Å². The zero-order valence-electron chi connectivity index (χ0n) is 12.6. The number of hydrogen-bond donors (Lipinski definition) is 0. The van der Waals surface area contributed by atoms with Crippen LogP contribution in [0.1, 0.15) is 71.5 Å². The Morgan fingerprint density at radius 3 is 2.33 bits per heavy atom. The number of rotatable bonds is 10. The molecule has 2 heteroatoms. The maximum absolute atomic E-state index is 2.49. The molecule has 0 fully saturated rings. The number of nitrogens with zero attached hydrogens (tertiary/aromatic N) is 2. The van der Waals surface area contributed by atoms with Crippen LogP contribution in [0.5, 0.6) is 0 Å². The number of aromatic nitrogens is 2. The first-order valence-electron chi connectivity index (χ1n) is 7.90. The summed E-state index contributed by atoms with van der Waals surface area (Å²) in [6.07, 6.45) is 15.0. The van der Waals surface area contributed by atoms with Gasteiger partial charge in [-0.15, -0.1) is 0 Å². The smallest absolute Gasteiger partial charge is 0.234 e. The Labute approximate surface area is 113 Å². The Morgan fingerprint density at radius 1 is 0.944 bits per heavy atom. The Bertz CT molecular complexity index is 315. The van der Waals surface area contributed by atoms with Gasteiger partial charge in [-0.2, -0.15) is 0 Å². The van der Waals surface area contributed by atoms with Gasteiger partial charge in [0, 0.05) is 6.42 Å². The molecule has 18 heavy (non-hydrogen) atoms. The number of aryl methyl sites for hydroxylation is 2. The summed E-state index contributed by atoms with van der Waals surface area (Å²) >= 11 is 0. The minimum absolute atomic E-state index is 1.17. The van der Waals surface area contributed by atoms with Crippen LogP contribution in [0.3, 0.4) is 0 Å². The average Bonchev–Trinajstić information content (AvgIpc) is 2.74. The van der Waals surface area contributed by atoms with Crippen molar-refractivity contribution in [3.8, 4) is 0 Å². The van der Waals surface area contributed by atoms with Gasteiger partial charge in [-0.1, -0.05) is 40.0 Å². The first-order chi connectivity index (χ1) is 8.83. The number of unbranched alkanes of at least 4 members (excludes halogenated alkanes) is 4. The third-order valence-corrected chi connectivity index (χ3v) is 3.56. The lowest BCUT2D eigenvalue weighted by atomic mass is 10.2. The highest BCUT2D eigenvalue weighted by Crippen LogP contribution is 2.07. The molecule has 1 rings (SSSR count). The van der Waals surface area contributed by atoms with Crippen molar-refractivity contribution in [2.24, 2.45) is 0 Å². The summed E-state index contributed by atoms with van der Waals surface area (Å²) < 4.78 is 4.95. The van der Waals surface area contributed by atoms with Gasteiger partial charge < -0.3 is 0 Å². The maximum atomic E-state index is 2.49. The predicted octanol–water partition coefficient (Wildman–Crippen LogP) is 4.11. The Morgan fingerprint density at radius 2 is 1.67 bits per heavy atom. The molecule has 2 nitrogen and oxygen atoms in total. The van der Waals surface area contributed by atoms with E-state index in [-0.39, 0.29) is 0 Å². The lowest BCUT2D eigenvalue weighted by Crippen LogP contribution is -2.37. The summed E-state index contributed by atoms with van der Waals surface area (Å²) in [5, 5.41) is 0. The topological polar surface area (TPSA) is 8.81 Å². The van der Waals surface area contributed by atoms with E-state index in [0.717, 1.165) is 0 Å². The van der Waals surface area contributed by atoms with E-state index in [0.29, 0.717) is 0 Å². The summed E-state index contributed by atoms with van der Waals surface area (Å²) in [6, 6.07) is 0. The van der Waals surface area contributed by atoms with Gasteiger partial charge in [0.2, 0.25) is 0 Å². The average molecular weight is 251 g/mol. The second-order valence-corrected chi connectivity index (χ2v) is 5.27. The van der Waals surface area contributed by atoms with Gasteiger partial charge in [0.05, 0.1) is 13.1 Å². The molecular weight excluding hydrogens is 220 g/mol. The van der Waals surface area contributed by atoms with E-state index in [2.05, 4.69) is 42.3 Å². The minimum atomic E-state index is 1.17. The molecule has 0 bridgehead atoms. The van der Waals surface area contributed by atoms with E-state index in [1.807, 2.05) is 0 Å². The molecule has 0 aliphatic heterocycles. The van der Waals surface area contributed by atoms with Crippen LogP contribution < -0.4 is 4.57 Å². The van der Waals surface area contributed by atoms with Crippen LogP contribution in [-0.4, -0.2) is 4.57 Å². The van der Waals surface area contributed by atoms with E-state index < -0.39 is 0 Å². The minimum Gasteiger partial charge on any atom is -0.234 e. The molecule has 104 valence electrons. The van der Waals surface area contributed by atoms with Crippen LogP contribution in [0.2, 0.25) is 0 Å². The highest BCUT2D eigenvalue weighted by molar-refractivity contribution is 4.84. The highest BCUT2D eigenvalue weighted by atomic mass is 15.1. The quantitative estimate of drug-likeness (QED) is 0.437. The van der Waals surface area contributed by atoms with Crippen molar-refractivity contribution < 1.29 is 4.57 Å². The molecule has 0 atom stereocenters. The van der Waals surface area contributed by atoms with Crippen LogP contribution in [0.25, 0.3) is 0 Å². The zero-order valence-corrected chi connectivity index (χ0v) is 12.6. The van der Waals surface area contributed by atoms with E-state index in [1.54, 1.807) is 5.82 Å². The molecule has 0 radical (unpaired) electrons. The first kappa shape index (κ1) is 15.3. The van der Waals surface area contributed by atoms with E-state index in [9.17, 15) is 0 Å². The molecule has 0 amide bonds. The number of imidazole rings is 1. The lowest BCUT2D eigenvalue weighted by Gasteiger charge is -2.04. The Balaban J connectivity index is 2.62. The van der Waals surface area contributed by atoms with Gasteiger partial charge in [0.1, 0.15) is 12.4 Å². The van der Waals surface area contributed by atoms with Crippen LogP contribution in [0, 0.1) is 0 Å². The zero-order chi connectivity index (χ0) is 13.2. The van der Waals surface area contributed by atoms with Crippen molar-refractivity contribution in [3.05, 3.63) is 18.2 Å². The molecule has 0 aromatic carbocycles. The summed E-state index contributed by atoms with van der Waals surface area (Å²) in [5.41, 5.74) is 0. The normalized spacial score (nSPS) is 11.1. The predicted molar refractivity (Wildman–Crippen MR) is 77.7 cm³/mol. The van der Waals surface area contributed by atoms with Crippen molar-refractivity contribution >= 4 is 0 Å². The fourth-order valence-corrected chi connectivity index (χ4v) is 2.50. The standard InChI is InChI=1S/C16H31N2/c1-4-7-9-11-16-17(12-6-3)14-15-18(16)13-10-8-5-2/h14-15H,4-13H2,1-3H3/q+1. The molecule has 1 aromatic heterocycles. The second kappa shape index (κ2) is 9.18. The van der Waals surface area contributed by atoms with Crippen molar-refractivity contribution in [2.75, 3.05) is 0 Å². The molecule has 0 spiro atoms. The van der Waals surface area contributed by atoms with E-state index >= 15 is 0 Å². The fraction of sp³-hybridized carbons (Fsp3) is 0.812. The van der Waals surface area contributed by atoms with Crippen molar-refractivity contribution in [1.29, 1.82) is 0 Å². The third kappa shape index (κ3) is 4.83. The summed E-state index contributed by atoms with van der Waals surface area (Å²) in [7, 11) is 0. The molecule has 0 saturated carbocycles. The molecule has 1 aromatic rings. The molecule has 0 unspecified atom stereocenters. The summed E-state index contributed by atoms with van der Waals surface area (Å²) in [4.78, 5) is 0. The summed E-state index contributed by atoms with van der Waals surface area (Å²) in [6.45, 7) is 9.18. The molecule has 0 aliphatic rings. The van der Waals surface area contributed by atoms with Crippen molar-refractivity contribution in [2.45, 2.75) is 85.2 Å². The number of hydrogen-bond acceptors (Lipinski definition) is 0. The lowest BCUT2D eigenvalue weighted by molar-refractivity contribution is -0.703. The van der Waals surface area contributed by atoms with E-state index in [1.165, 1.54) is 64.5 Å². The molecule has 1 heterocycles. The first-order valence-corrected chi connectivity index (χ1v) is 7.90. The van der Waals surface area contributed by atoms with Gasteiger partial charge in [0.15, 0.2) is 0 Å². The van der Waals surface area contributed by atoms with Gasteiger partial charge in [-0.3, -0.25) is 0 Å². The molecular formula is C16H31N2+. The molecule has 0 aliphatic carbocycles. The van der Waals surface area contributed by atoms with Crippen molar-refractivity contribution in [3.63, 3.8) is 0 Å². The fourth-order valence-electron chi connectivity index (χ4n) is 2.50. The highest BCUT2D eigenvalue weighted by Gasteiger charge is 2.15. The SMILES string of the molecule is CCCCCc1n(CCCCC)cc[n+]1CCC. The van der Waals surface area contributed by atoms with Crippen LogP contribution >= 0.6 is 0 Å². The van der Waals surface area contributed by atoms with Crippen LogP contribution in [-0.2, 0) is 19.5 Å². The molecule has 0 saturated heterocycles. The van der Waals surface area contributed by atoms with Crippen LogP contribution in [0.15, 0.2) is 12.4 Å². The largest absolute Gasteiger partial charge is 0.256 e. The van der Waals surface area contributed by atoms with Gasteiger partial charge in [0.25, 0.3) is 5.82 Å². The van der Waals surface area contributed by atoms with Gasteiger partial charge in [-0.25, -0.2) is 9.13 Å². The second-order valence-electron chi connectivity index (χ2n) is 5.27. The Hall–Kier alpha value is -0.790. The monoisotopic (exact) mass is 251 g/mol. The summed E-state index contributed by atoms with van der Waals surface area (Å²) in [5.74, 6) is 1.54. The van der Waals surface area contributed by atoms with Crippen LogP contribution in [0.4, 0.5) is 0 Å². The van der Waals surface area contributed by atoms with E-state index in [4.69, 9.17) is 0 Å². The maximum Gasteiger partial charge on any atom is 0.256 e. The van der Waals surface area contributed by atoms with Crippen molar-refractivity contribution in [1.82, 2.24) is 4.57 Å². The Kier molecular flexibility index (Phi) is 7.79. The van der Waals surface area contributed by atoms with Gasteiger partial charge in [-0.05, 0) is 25.7 Å². The molecule has 0 N–H and O–H groups in total.